The smallest absolute Gasteiger partial charge is 0.343 e. The van der Waals surface area contributed by atoms with Crippen molar-refractivity contribution in [1.29, 1.82) is 0 Å². The highest BCUT2D eigenvalue weighted by Crippen LogP contribution is 2.30. The highest BCUT2D eigenvalue weighted by atomic mass is 35.5. The van der Waals surface area contributed by atoms with E-state index in [2.05, 4.69) is 5.32 Å². The number of ether oxygens (including phenoxy) is 1. The number of amides is 2. The first-order valence-corrected chi connectivity index (χ1v) is 10.0. The second-order valence-corrected chi connectivity index (χ2v) is 7.48. The maximum Gasteiger partial charge on any atom is 0.343 e. The molecule has 1 heterocycles. The molecule has 0 spiro atoms. The summed E-state index contributed by atoms with van der Waals surface area (Å²) in [5.74, 6) is -1.48. The Morgan fingerprint density at radius 2 is 1.66 bits per heavy atom. The molecule has 0 unspecified atom stereocenters. The van der Waals surface area contributed by atoms with Crippen LogP contribution in [0.2, 0.25) is 0 Å². The molecule has 32 heavy (non-hydrogen) atoms. The van der Waals surface area contributed by atoms with Crippen LogP contribution in [-0.2, 0) is 9.59 Å². The molecule has 3 aromatic rings. The van der Waals surface area contributed by atoms with Gasteiger partial charge in [-0.3, -0.25) is 9.59 Å². The van der Waals surface area contributed by atoms with E-state index in [0.29, 0.717) is 17.1 Å². The van der Waals surface area contributed by atoms with E-state index < -0.39 is 17.8 Å². The molecule has 0 saturated heterocycles. The summed E-state index contributed by atoms with van der Waals surface area (Å²) in [7, 11) is 0. The molecule has 7 nitrogen and oxygen atoms in total. The SMILES string of the molecule is Cc1ccc(OC(=O)c2ccc(NC3=C(Cl)C(=O)N(c4ccccc4)C3=O)cc2)c(N)c1. The Morgan fingerprint density at radius 1 is 0.969 bits per heavy atom. The first-order chi connectivity index (χ1) is 15.3. The van der Waals surface area contributed by atoms with Gasteiger partial charge < -0.3 is 15.8 Å². The number of nitrogens with zero attached hydrogens (tertiary/aromatic N) is 1. The highest BCUT2D eigenvalue weighted by molar-refractivity contribution is 6.53. The quantitative estimate of drug-likeness (QED) is 0.262. The van der Waals surface area contributed by atoms with Gasteiger partial charge in [0.05, 0.1) is 16.9 Å². The number of carbonyl (C=O) groups is 3. The number of hydrogen-bond donors (Lipinski definition) is 2. The molecule has 0 saturated carbocycles. The van der Waals surface area contributed by atoms with Crippen LogP contribution in [0.3, 0.4) is 0 Å². The molecular formula is C24H18ClN3O4. The summed E-state index contributed by atoms with van der Waals surface area (Å²) in [4.78, 5) is 38.7. The van der Waals surface area contributed by atoms with Crippen molar-refractivity contribution in [1.82, 2.24) is 0 Å². The van der Waals surface area contributed by atoms with Crippen LogP contribution in [0.5, 0.6) is 5.75 Å². The van der Waals surface area contributed by atoms with Crippen molar-refractivity contribution in [2.75, 3.05) is 16.0 Å². The predicted octanol–water partition coefficient (Wildman–Crippen LogP) is 4.23. The van der Waals surface area contributed by atoms with E-state index in [9.17, 15) is 14.4 Å². The molecule has 0 radical (unpaired) electrons. The third-order valence-electron chi connectivity index (χ3n) is 4.80. The average Bonchev–Trinajstić information content (AvgIpc) is 3.00. The number of anilines is 3. The molecule has 8 heteroatoms. The van der Waals surface area contributed by atoms with E-state index in [1.54, 1.807) is 60.7 Å². The van der Waals surface area contributed by atoms with Gasteiger partial charge >= 0.3 is 5.97 Å². The number of benzene rings is 3. The molecule has 0 aliphatic carbocycles. The van der Waals surface area contributed by atoms with E-state index >= 15 is 0 Å². The number of carbonyl (C=O) groups excluding carboxylic acids is 3. The van der Waals surface area contributed by atoms with Crippen LogP contribution < -0.4 is 20.7 Å². The highest BCUT2D eigenvalue weighted by Gasteiger charge is 2.38. The third-order valence-corrected chi connectivity index (χ3v) is 5.15. The molecule has 0 atom stereocenters. The number of imide groups is 1. The molecule has 1 aliphatic rings. The zero-order valence-corrected chi connectivity index (χ0v) is 17.7. The van der Waals surface area contributed by atoms with Gasteiger partial charge in [-0.05, 0) is 61.0 Å². The normalized spacial score (nSPS) is 13.5. The number of aryl methyl sites for hydroxylation is 1. The van der Waals surface area contributed by atoms with E-state index in [1.165, 1.54) is 12.1 Å². The molecule has 3 aromatic carbocycles. The molecule has 160 valence electrons. The number of para-hydroxylation sites is 1. The Morgan fingerprint density at radius 3 is 2.31 bits per heavy atom. The van der Waals surface area contributed by atoms with Crippen molar-refractivity contribution in [3.05, 3.63) is 94.7 Å². The zero-order chi connectivity index (χ0) is 22.8. The minimum absolute atomic E-state index is 0.0386. The fourth-order valence-corrected chi connectivity index (χ4v) is 3.39. The average molecular weight is 448 g/mol. The van der Waals surface area contributed by atoms with Gasteiger partial charge in [-0.25, -0.2) is 9.69 Å². The maximum atomic E-state index is 12.8. The predicted molar refractivity (Wildman–Crippen MR) is 122 cm³/mol. The Kier molecular flexibility index (Phi) is 5.66. The molecule has 2 amide bonds. The minimum Gasteiger partial charge on any atom is -0.421 e. The molecule has 3 N–H and O–H groups in total. The van der Waals surface area contributed by atoms with Gasteiger partial charge in [0.2, 0.25) is 0 Å². The summed E-state index contributed by atoms with van der Waals surface area (Å²) in [6, 6.07) is 19.9. The van der Waals surface area contributed by atoms with Crippen molar-refractivity contribution in [3.8, 4) is 5.75 Å². The second-order valence-electron chi connectivity index (χ2n) is 7.10. The van der Waals surface area contributed by atoms with Gasteiger partial charge in [0.1, 0.15) is 10.7 Å². The van der Waals surface area contributed by atoms with Crippen molar-refractivity contribution in [2.45, 2.75) is 6.92 Å². The lowest BCUT2D eigenvalue weighted by atomic mass is 10.2. The van der Waals surface area contributed by atoms with Gasteiger partial charge in [0.15, 0.2) is 5.75 Å². The lowest BCUT2D eigenvalue weighted by molar-refractivity contribution is -0.120. The van der Waals surface area contributed by atoms with E-state index in [-0.39, 0.29) is 22.0 Å². The monoisotopic (exact) mass is 447 g/mol. The van der Waals surface area contributed by atoms with Crippen molar-refractivity contribution >= 4 is 46.4 Å². The van der Waals surface area contributed by atoms with Gasteiger partial charge in [-0.15, -0.1) is 0 Å². The number of rotatable bonds is 5. The van der Waals surface area contributed by atoms with Gasteiger partial charge in [0.25, 0.3) is 11.8 Å². The van der Waals surface area contributed by atoms with Crippen LogP contribution in [0, 0.1) is 6.92 Å². The minimum atomic E-state index is -0.610. The standard InChI is InChI=1S/C24H18ClN3O4/c1-14-7-12-19(18(26)13-14)32-24(31)15-8-10-16(11-9-15)27-21-20(25)22(29)28(23(21)30)17-5-3-2-4-6-17/h2-13,27H,26H2,1H3. The summed E-state index contributed by atoms with van der Waals surface area (Å²) in [5, 5.41) is 2.65. The topological polar surface area (TPSA) is 102 Å². The second kappa shape index (κ2) is 8.56. The molecular weight excluding hydrogens is 430 g/mol. The van der Waals surface area contributed by atoms with Gasteiger partial charge in [0, 0.05) is 5.69 Å². The molecule has 0 aromatic heterocycles. The van der Waals surface area contributed by atoms with Crippen LogP contribution in [0.1, 0.15) is 15.9 Å². The summed E-state index contributed by atoms with van der Waals surface area (Å²) >= 11 is 6.14. The van der Waals surface area contributed by atoms with Crippen LogP contribution in [0.15, 0.2) is 83.5 Å². The zero-order valence-electron chi connectivity index (χ0n) is 17.0. The largest absolute Gasteiger partial charge is 0.421 e. The number of nitrogens with two attached hydrogens (primary N) is 1. The molecule has 0 fully saturated rings. The first-order valence-electron chi connectivity index (χ1n) is 9.64. The van der Waals surface area contributed by atoms with Crippen LogP contribution in [0.25, 0.3) is 0 Å². The summed E-state index contributed by atoms with van der Waals surface area (Å²) < 4.78 is 5.35. The first kappa shape index (κ1) is 21.1. The summed E-state index contributed by atoms with van der Waals surface area (Å²) in [5.41, 5.74) is 8.35. The third kappa shape index (κ3) is 4.06. The molecule has 4 rings (SSSR count). The Bertz CT molecular complexity index is 1250. The summed E-state index contributed by atoms with van der Waals surface area (Å²) in [6.07, 6.45) is 0. The van der Waals surface area contributed by atoms with E-state index in [0.717, 1.165) is 10.5 Å². The number of nitrogen functional groups attached to an aromatic ring is 1. The fraction of sp³-hybridized carbons (Fsp3) is 0.0417. The lowest BCUT2D eigenvalue weighted by Crippen LogP contribution is -2.32. The summed E-state index contributed by atoms with van der Waals surface area (Å²) in [6.45, 7) is 1.89. The van der Waals surface area contributed by atoms with Crippen molar-refractivity contribution in [2.24, 2.45) is 0 Å². The maximum absolute atomic E-state index is 12.8. The lowest BCUT2D eigenvalue weighted by Gasteiger charge is -2.15. The van der Waals surface area contributed by atoms with Crippen molar-refractivity contribution in [3.63, 3.8) is 0 Å². The Labute approximate surface area is 189 Å². The van der Waals surface area contributed by atoms with Crippen molar-refractivity contribution < 1.29 is 19.1 Å². The van der Waals surface area contributed by atoms with E-state index in [4.69, 9.17) is 22.1 Å². The van der Waals surface area contributed by atoms with Crippen LogP contribution in [-0.4, -0.2) is 17.8 Å². The van der Waals surface area contributed by atoms with Gasteiger partial charge in [-0.1, -0.05) is 35.9 Å². The fourth-order valence-electron chi connectivity index (χ4n) is 3.18. The number of nitrogens with one attached hydrogen (secondary N) is 1. The Hall–Kier alpha value is -4.10. The molecule has 0 bridgehead atoms. The van der Waals surface area contributed by atoms with Crippen LogP contribution >= 0.6 is 11.6 Å². The van der Waals surface area contributed by atoms with Crippen LogP contribution in [0.4, 0.5) is 17.1 Å². The van der Waals surface area contributed by atoms with Gasteiger partial charge in [-0.2, -0.15) is 0 Å². The number of hydrogen-bond acceptors (Lipinski definition) is 6. The number of halogens is 1. The molecule has 1 aliphatic heterocycles. The number of esters is 1. The Balaban J connectivity index is 1.48. The van der Waals surface area contributed by atoms with E-state index in [1.807, 2.05) is 6.92 Å².